The predicted molar refractivity (Wildman–Crippen MR) is 114 cm³/mol. The van der Waals surface area contributed by atoms with E-state index in [1.807, 2.05) is 38.1 Å². The Kier molecular flexibility index (Phi) is 4.97. The van der Waals surface area contributed by atoms with Crippen molar-refractivity contribution in [3.8, 4) is 11.5 Å². The zero-order valence-corrected chi connectivity index (χ0v) is 19.0. The molecule has 1 aliphatic heterocycles. The average molecular weight is 402 g/mol. The number of rotatable bonds is 0. The highest BCUT2D eigenvalue weighted by Crippen LogP contribution is 2.53. The standard InChI is InChI=1S/C23H31O4P/c1-14-9-16-13-17-10-15(2)12-19(23(6,7)8)21(17)27-28(24,25)26-20(16)18(11-14)22(3,4)5/h9-12H,13H2,1-8H3,(H,24,25). The number of hydrogen-bond donors (Lipinski definition) is 1. The fourth-order valence-electron chi connectivity index (χ4n) is 3.74. The number of hydrogen-bond acceptors (Lipinski definition) is 3. The minimum atomic E-state index is -4.35. The molecule has 0 unspecified atom stereocenters. The predicted octanol–water partition coefficient (Wildman–Crippen LogP) is 6.36. The van der Waals surface area contributed by atoms with E-state index < -0.39 is 7.82 Å². The molecule has 0 aliphatic carbocycles. The third-order valence-corrected chi connectivity index (χ3v) is 5.86. The summed E-state index contributed by atoms with van der Waals surface area (Å²) < 4.78 is 24.3. The van der Waals surface area contributed by atoms with Crippen LogP contribution in [0.5, 0.6) is 11.5 Å². The monoisotopic (exact) mass is 402 g/mol. The van der Waals surface area contributed by atoms with Crippen molar-refractivity contribution in [1.29, 1.82) is 0 Å². The van der Waals surface area contributed by atoms with Gasteiger partial charge in [0.2, 0.25) is 0 Å². The number of aryl methyl sites for hydroxylation is 2. The van der Waals surface area contributed by atoms with Gasteiger partial charge in [0.25, 0.3) is 0 Å². The highest BCUT2D eigenvalue weighted by atomic mass is 31.2. The van der Waals surface area contributed by atoms with E-state index >= 15 is 0 Å². The van der Waals surface area contributed by atoms with E-state index in [9.17, 15) is 9.46 Å². The fourth-order valence-corrected chi connectivity index (χ4v) is 4.67. The molecule has 5 heteroatoms. The van der Waals surface area contributed by atoms with Crippen LogP contribution in [0.3, 0.4) is 0 Å². The van der Waals surface area contributed by atoms with Crippen molar-refractivity contribution in [1.82, 2.24) is 0 Å². The number of fused-ring (bicyclic) bond motifs is 2. The van der Waals surface area contributed by atoms with Gasteiger partial charge in [0.1, 0.15) is 11.5 Å². The molecule has 0 radical (unpaired) electrons. The summed E-state index contributed by atoms with van der Waals surface area (Å²) in [4.78, 5) is 10.6. The van der Waals surface area contributed by atoms with Crippen LogP contribution in [0, 0.1) is 13.8 Å². The topological polar surface area (TPSA) is 55.8 Å². The zero-order valence-electron chi connectivity index (χ0n) is 18.1. The maximum Gasteiger partial charge on any atom is 0.584 e. The Morgan fingerprint density at radius 1 is 0.786 bits per heavy atom. The van der Waals surface area contributed by atoms with Gasteiger partial charge in [0.05, 0.1) is 0 Å². The Hall–Kier alpha value is -1.77. The first-order valence-electron chi connectivity index (χ1n) is 9.67. The number of phosphoric acid groups is 1. The Balaban J connectivity index is 2.33. The zero-order chi connectivity index (χ0) is 21.1. The van der Waals surface area contributed by atoms with Crippen LogP contribution in [0.4, 0.5) is 0 Å². The largest absolute Gasteiger partial charge is 0.584 e. The SMILES string of the molecule is Cc1cc2c(c(C(C)(C)C)c1)OP(=O)(O)Oc1c(cc(C)cc1C(C)(C)C)C2. The normalized spacial score (nSPS) is 16.2. The summed E-state index contributed by atoms with van der Waals surface area (Å²) in [6.45, 7) is 16.5. The van der Waals surface area contributed by atoms with Crippen molar-refractivity contribution in [3.63, 3.8) is 0 Å². The van der Waals surface area contributed by atoms with Gasteiger partial charge in [-0.05, 0) is 35.8 Å². The van der Waals surface area contributed by atoms with Crippen molar-refractivity contribution < 1.29 is 18.5 Å². The lowest BCUT2D eigenvalue weighted by Gasteiger charge is -2.31. The molecule has 3 rings (SSSR count). The summed E-state index contributed by atoms with van der Waals surface area (Å²) in [5.41, 5.74) is 5.38. The summed E-state index contributed by atoms with van der Waals surface area (Å²) in [5, 5.41) is 0. The Labute approximate surface area is 168 Å². The van der Waals surface area contributed by atoms with Gasteiger partial charge in [0.15, 0.2) is 0 Å². The first-order valence-corrected chi connectivity index (χ1v) is 11.2. The molecule has 1 aliphatic rings. The molecule has 0 spiro atoms. The molecular weight excluding hydrogens is 371 g/mol. The lowest BCUT2D eigenvalue weighted by atomic mass is 9.81. The molecule has 4 nitrogen and oxygen atoms in total. The second-order valence-corrected chi connectivity index (χ2v) is 11.2. The maximum atomic E-state index is 13.0. The molecule has 0 atom stereocenters. The molecule has 152 valence electrons. The van der Waals surface area contributed by atoms with Crippen LogP contribution < -0.4 is 9.05 Å². The molecule has 2 aromatic rings. The van der Waals surface area contributed by atoms with Gasteiger partial charge in [-0.2, -0.15) is 0 Å². The van der Waals surface area contributed by atoms with Crippen molar-refractivity contribution in [2.24, 2.45) is 0 Å². The molecule has 1 heterocycles. The summed E-state index contributed by atoms with van der Waals surface area (Å²) in [6.07, 6.45) is 0.584. The van der Waals surface area contributed by atoms with E-state index in [1.54, 1.807) is 0 Å². The van der Waals surface area contributed by atoms with Gasteiger partial charge in [-0.25, -0.2) is 4.57 Å². The summed E-state index contributed by atoms with van der Waals surface area (Å²) >= 11 is 0. The molecule has 0 saturated heterocycles. The van der Waals surface area contributed by atoms with Gasteiger partial charge in [0, 0.05) is 17.5 Å². The van der Waals surface area contributed by atoms with E-state index in [4.69, 9.17) is 9.05 Å². The summed E-state index contributed by atoms with van der Waals surface area (Å²) in [7, 11) is -4.35. The molecular formula is C23H31O4P. The fraction of sp³-hybridized carbons (Fsp3) is 0.478. The molecule has 0 fully saturated rings. The third-order valence-electron chi connectivity index (χ3n) is 5.03. The number of phosphoric ester groups is 1. The van der Waals surface area contributed by atoms with Crippen LogP contribution >= 0.6 is 7.82 Å². The minimum Gasteiger partial charge on any atom is -0.395 e. The van der Waals surface area contributed by atoms with Crippen molar-refractivity contribution >= 4 is 7.82 Å². The van der Waals surface area contributed by atoms with E-state index in [0.717, 1.165) is 33.4 Å². The summed E-state index contributed by atoms with van der Waals surface area (Å²) in [5.74, 6) is 0.932. The van der Waals surface area contributed by atoms with Gasteiger partial charge < -0.3 is 9.05 Å². The van der Waals surface area contributed by atoms with Crippen molar-refractivity contribution in [2.75, 3.05) is 0 Å². The van der Waals surface area contributed by atoms with E-state index in [-0.39, 0.29) is 10.8 Å². The van der Waals surface area contributed by atoms with E-state index in [1.165, 1.54) is 0 Å². The lowest BCUT2D eigenvalue weighted by Crippen LogP contribution is -2.19. The average Bonchev–Trinajstić information content (AvgIpc) is 2.48. The summed E-state index contributed by atoms with van der Waals surface area (Å²) in [6, 6.07) is 8.13. The molecule has 2 aromatic carbocycles. The molecule has 0 amide bonds. The third kappa shape index (κ3) is 4.14. The lowest BCUT2D eigenvalue weighted by molar-refractivity contribution is 0.281. The number of benzene rings is 2. The van der Waals surface area contributed by atoms with Crippen LogP contribution in [0.15, 0.2) is 24.3 Å². The minimum absolute atomic E-state index is 0.235. The van der Waals surface area contributed by atoms with Crippen LogP contribution in [0.1, 0.15) is 74.9 Å². The van der Waals surface area contributed by atoms with E-state index in [0.29, 0.717) is 17.9 Å². The van der Waals surface area contributed by atoms with E-state index in [2.05, 4.69) is 41.5 Å². The van der Waals surface area contributed by atoms with Gasteiger partial charge in [-0.15, -0.1) is 0 Å². The van der Waals surface area contributed by atoms with Crippen molar-refractivity contribution in [2.45, 2.75) is 72.6 Å². The molecule has 0 aromatic heterocycles. The maximum absolute atomic E-state index is 13.0. The van der Waals surface area contributed by atoms with Crippen LogP contribution in [-0.4, -0.2) is 4.89 Å². The second kappa shape index (κ2) is 6.64. The van der Waals surface area contributed by atoms with Crippen LogP contribution in [-0.2, 0) is 21.8 Å². The van der Waals surface area contributed by atoms with Gasteiger partial charge in [-0.3, -0.25) is 4.89 Å². The smallest absolute Gasteiger partial charge is 0.395 e. The first-order chi connectivity index (χ1) is 12.7. The molecule has 1 N–H and O–H groups in total. The van der Waals surface area contributed by atoms with Gasteiger partial charge in [-0.1, -0.05) is 76.9 Å². The Bertz CT molecular complexity index is 902. The molecule has 0 bridgehead atoms. The Morgan fingerprint density at radius 2 is 1.14 bits per heavy atom. The van der Waals surface area contributed by atoms with Crippen LogP contribution in [0.2, 0.25) is 0 Å². The van der Waals surface area contributed by atoms with Crippen LogP contribution in [0.25, 0.3) is 0 Å². The first kappa shape index (κ1) is 21.0. The molecule has 28 heavy (non-hydrogen) atoms. The quantitative estimate of drug-likeness (QED) is 0.521. The van der Waals surface area contributed by atoms with Crippen molar-refractivity contribution in [3.05, 3.63) is 57.6 Å². The van der Waals surface area contributed by atoms with Gasteiger partial charge >= 0.3 is 7.82 Å². The highest BCUT2D eigenvalue weighted by Gasteiger charge is 2.36. The Morgan fingerprint density at radius 3 is 1.46 bits per heavy atom. The molecule has 0 saturated carbocycles. The highest BCUT2D eigenvalue weighted by molar-refractivity contribution is 7.48. The second-order valence-electron chi connectivity index (χ2n) is 9.93.